The van der Waals surface area contributed by atoms with Crippen LogP contribution in [0, 0.1) is 0 Å². The van der Waals surface area contributed by atoms with E-state index >= 15 is 0 Å². The number of carboxylic acids is 1. The molecule has 0 radical (unpaired) electrons. The molecule has 0 saturated heterocycles. The van der Waals surface area contributed by atoms with Crippen LogP contribution < -0.4 is 16.4 Å². The second-order valence-corrected chi connectivity index (χ2v) is 5.47. The molecule has 0 rings (SSSR count). The number of thioether (sulfide) groups is 1. The Bertz CT molecular complexity index is 328. The van der Waals surface area contributed by atoms with Crippen molar-refractivity contribution in [2.75, 3.05) is 24.6 Å². The highest BCUT2D eigenvalue weighted by molar-refractivity contribution is 7.99. The number of carbonyl (C=O) groups is 3. The maximum atomic E-state index is 11.8. The number of hydrogen-bond acceptors (Lipinski definition) is 5. The van der Waals surface area contributed by atoms with Crippen molar-refractivity contribution in [1.82, 2.24) is 10.6 Å². The zero-order chi connectivity index (χ0) is 19.4. The molecule has 0 aromatic carbocycles. The van der Waals surface area contributed by atoms with Crippen LogP contribution in [0.1, 0.15) is 53.9 Å². The van der Waals surface area contributed by atoms with Gasteiger partial charge in [-0.3, -0.25) is 14.4 Å². The van der Waals surface area contributed by atoms with Crippen molar-refractivity contribution in [2.24, 2.45) is 5.73 Å². The van der Waals surface area contributed by atoms with Crippen LogP contribution in [0.4, 0.5) is 0 Å². The highest BCUT2D eigenvalue weighted by atomic mass is 32.2. The minimum Gasteiger partial charge on any atom is -0.481 e. The highest BCUT2D eigenvalue weighted by Gasteiger charge is 2.21. The summed E-state index contributed by atoms with van der Waals surface area (Å²) in [6.07, 6.45) is 0.204. The second-order valence-electron chi connectivity index (χ2n) is 4.08. The SMILES string of the molecule is CC.CC.CCSCCC(=O)N[C@@H](CCC(=O)O)C(=O)NCCN. The molecule has 0 aromatic heterocycles. The van der Waals surface area contributed by atoms with Crippen molar-refractivity contribution in [3.63, 3.8) is 0 Å². The summed E-state index contributed by atoms with van der Waals surface area (Å²) in [7, 11) is 0. The van der Waals surface area contributed by atoms with Gasteiger partial charge in [-0.2, -0.15) is 11.8 Å². The molecule has 0 unspecified atom stereocenters. The predicted octanol–water partition coefficient (Wildman–Crippen LogP) is 1.61. The molecular formula is C16H35N3O4S. The van der Waals surface area contributed by atoms with Crippen LogP contribution in [0.5, 0.6) is 0 Å². The van der Waals surface area contributed by atoms with E-state index in [4.69, 9.17) is 10.8 Å². The molecule has 0 fully saturated rings. The quantitative estimate of drug-likeness (QED) is 0.413. The molecule has 0 heterocycles. The van der Waals surface area contributed by atoms with Gasteiger partial charge in [0.05, 0.1) is 0 Å². The van der Waals surface area contributed by atoms with Gasteiger partial charge in [-0.25, -0.2) is 0 Å². The lowest BCUT2D eigenvalue weighted by Crippen LogP contribution is -2.48. The molecule has 0 saturated carbocycles. The number of hydrogen-bond donors (Lipinski definition) is 4. The number of amides is 2. The first kappa shape index (κ1) is 27.6. The van der Waals surface area contributed by atoms with Crippen LogP contribution in [-0.4, -0.2) is 53.5 Å². The van der Waals surface area contributed by atoms with Crippen molar-refractivity contribution >= 4 is 29.5 Å². The molecule has 7 nitrogen and oxygen atoms in total. The van der Waals surface area contributed by atoms with E-state index in [0.717, 1.165) is 5.75 Å². The Hall–Kier alpha value is -1.28. The molecule has 0 aliphatic rings. The van der Waals surface area contributed by atoms with Gasteiger partial charge in [0, 0.05) is 31.7 Å². The van der Waals surface area contributed by atoms with Crippen LogP contribution in [0.15, 0.2) is 0 Å². The number of aliphatic carboxylic acids is 1. The first-order chi connectivity index (χ1) is 11.5. The number of nitrogens with two attached hydrogens (primary N) is 1. The molecule has 144 valence electrons. The second kappa shape index (κ2) is 21.7. The van der Waals surface area contributed by atoms with Gasteiger partial charge in [0.2, 0.25) is 11.8 Å². The third-order valence-electron chi connectivity index (χ3n) is 2.42. The lowest BCUT2D eigenvalue weighted by molar-refractivity contribution is -0.138. The van der Waals surface area contributed by atoms with Gasteiger partial charge in [0.25, 0.3) is 0 Å². The lowest BCUT2D eigenvalue weighted by atomic mass is 10.1. The summed E-state index contributed by atoms with van der Waals surface area (Å²) in [6.45, 7) is 10.6. The smallest absolute Gasteiger partial charge is 0.303 e. The van der Waals surface area contributed by atoms with Crippen molar-refractivity contribution < 1.29 is 19.5 Å². The van der Waals surface area contributed by atoms with Gasteiger partial charge >= 0.3 is 5.97 Å². The monoisotopic (exact) mass is 365 g/mol. The maximum Gasteiger partial charge on any atom is 0.303 e. The third-order valence-corrected chi connectivity index (χ3v) is 3.32. The summed E-state index contributed by atoms with van der Waals surface area (Å²) >= 11 is 1.63. The lowest BCUT2D eigenvalue weighted by Gasteiger charge is -2.17. The average molecular weight is 366 g/mol. The van der Waals surface area contributed by atoms with Gasteiger partial charge < -0.3 is 21.5 Å². The van der Waals surface area contributed by atoms with E-state index in [0.29, 0.717) is 25.3 Å². The first-order valence-corrected chi connectivity index (χ1v) is 9.73. The minimum atomic E-state index is -1.00. The number of carboxylic acid groups (broad SMARTS) is 1. The molecule has 0 bridgehead atoms. The number of rotatable bonds is 11. The number of nitrogens with one attached hydrogen (secondary N) is 2. The zero-order valence-electron chi connectivity index (χ0n) is 15.7. The van der Waals surface area contributed by atoms with Crippen LogP contribution >= 0.6 is 11.8 Å². The Morgan fingerprint density at radius 1 is 1.12 bits per heavy atom. The summed E-state index contributed by atoms with van der Waals surface area (Å²) in [5.41, 5.74) is 5.28. The third kappa shape index (κ3) is 18.8. The van der Waals surface area contributed by atoms with E-state index in [2.05, 4.69) is 10.6 Å². The fraction of sp³-hybridized carbons (Fsp3) is 0.812. The first-order valence-electron chi connectivity index (χ1n) is 8.57. The van der Waals surface area contributed by atoms with E-state index in [1.165, 1.54) is 0 Å². The minimum absolute atomic E-state index is 0.0679. The number of carbonyl (C=O) groups excluding carboxylic acids is 2. The standard InChI is InChI=1S/C12H23N3O4S.2C2H6/c1-2-20-8-5-10(16)15-9(3-4-11(17)18)12(19)14-7-6-13;2*1-2/h9H,2-8,13H2,1H3,(H,14,19)(H,15,16)(H,17,18);2*1-2H3/t9-;;/m0../s1. The largest absolute Gasteiger partial charge is 0.481 e. The van der Waals surface area contributed by atoms with Crippen LogP contribution in [0.2, 0.25) is 0 Å². The molecule has 0 spiro atoms. The van der Waals surface area contributed by atoms with E-state index in [1.54, 1.807) is 11.8 Å². The Morgan fingerprint density at radius 3 is 2.17 bits per heavy atom. The Labute approximate surface area is 150 Å². The normalized spacial score (nSPS) is 10.2. The molecule has 0 aliphatic heterocycles. The van der Waals surface area contributed by atoms with Crippen molar-refractivity contribution in [3.05, 3.63) is 0 Å². The van der Waals surface area contributed by atoms with Gasteiger partial charge in [0.15, 0.2) is 0 Å². The summed E-state index contributed by atoms with van der Waals surface area (Å²) < 4.78 is 0. The Kier molecular flexibility index (Phi) is 24.9. The topological polar surface area (TPSA) is 122 Å². The van der Waals surface area contributed by atoms with Crippen molar-refractivity contribution in [3.8, 4) is 0 Å². The molecule has 24 heavy (non-hydrogen) atoms. The Balaban J connectivity index is -0.00000102. The van der Waals surface area contributed by atoms with Gasteiger partial charge in [-0.1, -0.05) is 34.6 Å². The summed E-state index contributed by atoms with van der Waals surface area (Å²) in [5.74, 6) is -0.0414. The zero-order valence-corrected chi connectivity index (χ0v) is 16.5. The molecular weight excluding hydrogens is 330 g/mol. The fourth-order valence-corrected chi connectivity index (χ4v) is 2.05. The van der Waals surface area contributed by atoms with Crippen LogP contribution in [0.25, 0.3) is 0 Å². The summed E-state index contributed by atoms with van der Waals surface area (Å²) in [6, 6.07) is -0.822. The molecule has 1 atom stereocenters. The highest BCUT2D eigenvalue weighted by Crippen LogP contribution is 2.03. The van der Waals surface area contributed by atoms with Crippen molar-refractivity contribution in [2.45, 2.75) is 59.9 Å². The molecule has 8 heteroatoms. The predicted molar refractivity (Wildman–Crippen MR) is 101 cm³/mol. The summed E-state index contributed by atoms with van der Waals surface area (Å²) in [4.78, 5) is 34.0. The van der Waals surface area contributed by atoms with Crippen molar-refractivity contribution in [1.29, 1.82) is 0 Å². The van der Waals surface area contributed by atoms with Crippen LogP contribution in [0.3, 0.4) is 0 Å². The molecule has 0 aliphatic carbocycles. The van der Waals surface area contributed by atoms with E-state index in [1.807, 2.05) is 34.6 Å². The molecule has 5 N–H and O–H groups in total. The Morgan fingerprint density at radius 2 is 1.71 bits per heavy atom. The maximum absolute atomic E-state index is 11.8. The van der Waals surface area contributed by atoms with E-state index < -0.39 is 17.9 Å². The fourth-order valence-electron chi connectivity index (χ4n) is 1.43. The molecule has 0 aromatic rings. The summed E-state index contributed by atoms with van der Waals surface area (Å²) in [5, 5.41) is 13.8. The van der Waals surface area contributed by atoms with E-state index in [9.17, 15) is 14.4 Å². The van der Waals surface area contributed by atoms with E-state index in [-0.39, 0.29) is 18.7 Å². The molecule has 2 amide bonds. The van der Waals surface area contributed by atoms with Gasteiger partial charge in [-0.05, 0) is 12.2 Å². The average Bonchev–Trinajstić information content (AvgIpc) is 2.60. The van der Waals surface area contributed by atoms with Crippen LogP contribution in [-0.2, 0) is 14.4 Å². The van der Waals surface area contributed by atoms with Gasteiger partial charge in [0.1, 0.15) is 6.04 Å². The van der Waals surface area contributed by atoms with Gasteiger partial charge in [-0.15, -0.1) is 0 Å².